The van der Waals surface area contributed by atoms with Crippen molar-refractivity contribution in [2.45, 2.75) is 165 Å². The summed E-state index contributed by atoms with van der Waals surface area (Å²) in [5.74, 6) is -0.960. The topological polar surface area (TPSA) is 231 Å². The molecule has 276 valence electrons. The van der Waals surface area contributed by atoms with Crippen LogP contribution in [0.2, 0.25) is 0 Å². The summed E-state index contributed by atoms with van der Waals surface area (Å²) in [5, 5.41) is 71.0. The summed E-state index contributed by atoms with van der Waals surface area (Å²) in [6.45, 7) is 2.29. The Morgan fingerprint density at radius 3 is 1.70 bits per heavy atom. The first kappa shape index (κ1) is 41.7. The SMILES string of the molecule is CCCCCCCCCCC(=O)OC(COC(=O)CCCCC)COC1OC(COC2OC(CO)C(O)C(O)C2O)C(O)C(O)C1O. The number of aliphatic hydroxyl groups excluding tert-OH is 7. The van der Waals surface area contributed by atoms with Crippen molar-refractivity contribution in [2.24, 2.45) is 0 Å². The van der Waals surface area contributed by atoms with E-state index >= 15 is 0 Å². The summed E-state index contributed by atoms with van der Waals surface area (Å²) in [7, 11) is 0. The fourth-order valence-electron chi connectivity index (χ4n) is 5.33. The second kappa shape index (κ2) is 23.0. The number of unbranched alkanes of at least 4 members (excludes halogenated alkanes) is 9. The molecule has 0 aliphatic carbocycles. The Morgan fingerprint density at radius 2 is 1.09 bits per heavy atom. The zero-order valence-corrected chi connectivity index (χ0v) is 27.8. The van der Waals surface area contributed by atoms with E-state index in [1.54, 1.807) is 0 Å². The second-order valence-corrected chi connectivity index (χ2v) is 12.4. The van der Waals surface area contributed by atoms with Crippen LogP contribution in [-0.4, -0.2) is 142 Å². The molecule has 2 fully saturated rings. The van der Waals surface area contributed by atoms with Gasteiger partial charge < -0.3 is 64.2 Å². The lowest BCUT2D eigenvalue weighted by Crippen LogP contribution is -2.61. The Hall–Kier alpha value is -1.50. The standard InChI is InChI=1S/C32H58O15/c1-3-5-7-8-9-10-11-13-15-24(35)45-20(17-42-23(34)14-12-6-4-2)18-43-31-30(41)28(39)26(37)22(47-31)19-44-32-29(40)27(38)25(36)21(16-33)46-32/h20-22,25-33,36-41H,3-19H2,1-2H3. The number of carbonyl (C=O) groups is 2. The Labute approximate surface area is 277 Å². The van der Waals surface area contributed by atoms with E-state index in [9.17, 15) is 45.3 Å². The number of rotatable bonds is 23. The molecule has 47 heavy (non-hydrogen) atoms. The van der Waals surface area contributed by atoms with Crippen LogP contribution in [0.15, 0.2) is 0 Å². The van der Waals surface area contributed by atoms with Crippen molar-refractivity contribution in [1.29, 1.82) is 0 Å². The van der Waals surface area contributed by atoms with Crippen LogP contribution in [0.4, 0.5) is 0 Å². The molecule has 0 spiro atoms. The van der Waals surface area contributed by atoms with Gasteiger partial charge in [-0.15, -0.1) is 0 Å². The molecule has 2 heterocycles. The Balaban J connectivity index is 1.94. The van der Waals surface area contributed by atoms with Gasteiger partial charge in [0.1, 0.15) is 55.4 Å². The average Bonchev–Trinajstić information content (AvgIpc) is 3.06. The number of carbonyl (C=O) groups excluding carboxylic acids is 2. The van der Waals surface area contributed by atoms with Gasteiger partial charge in [-0.2, -0.15) is 0 Å². The normalized spacial score (nSPS) is 31.8. The summed E-state index contributed by atoms with van der Waals surface area (Å²) in [5.41, 5.74) is 0. The number of hydrogen-bond acceptors (Lipinski definition) is 15. The maximum atomic E-state index is 12.6. The first-order chi connectivity index (χ1) is 22.5. The molecule has 0 aromatic carbocycles. The highest BCUT2D eigenvalue weighted by Gasteiger charge is 2.47. The van der Waals surface area contributed by atoms with Crippen molar-refractivity contribution in [3.05, 3.63) is 0 Å². The van der Waals surface area contributed by atoms with Crippen LogP contribution in [0, 0.1) is 0 Å². The predicted molar refractivity (Wildman–Crippen MR) is 165 cm³/mol. The van der Waals surface area contributed by atoms with Crippen molar-refractivity contribution in [3.8, 4) is 0 Å². The van der Waals surface area contributed by atoms with Crippen molar-refractivity contribution in [1.82, 2.24) is 0 Å². The monoisotopic (exact) mass is 682 g/mol. The molecule has 0 saturated carbocycles. The average molecular weight is 683 g/mol. The summed E-state index contributed by atoms with van der Waals surface area (Å²) in [6, 6.07) is 0. The number of ether oxygens (including phenoxy) is 6. The van der Waals surface area contributed by atoms with Gasteiger partial charge in [0.2, 0.25) is 0 Å². The van der Waals surface area contributed by atoms with Gasteiger partial charge in [-0.05, 0) is 12.8 Å². The third-order valence-corrected chi connectivity index (χ3v) is 8.34. The van der Waals surface area contributed by atoms with Gasteiger partial charge in [-0.1, -0.05) is 71.6 Å². The van der Waals surface area contributed by atoms with Crippen LogP contribution in [0.3, 0.4) is 0 Å². The molecule has 2 rings (SSSR count). The van der Waals surface area contributed by atoms with Gasteiger partial charge in [-0.3, -0.25) is 9.59 Å². The largest absolute Gasteiger partial charge is 0.462 e. The molecular weight excluding hydrogens is 624 g/mol. The smallest absolute Gasteiger partial charge is 0.306 e. The van der Waals surface area contributed by atoms with Gasteiger partial charge >= 0.3 is 11.9 Å². The molecule has 0 aromatic rings. The molecule has 2 aliphatic rings. The molecule has 11 unspecified atom stereocenters. The van der Waals surface area contributed by atoms with E-state index in [0.717, 1.165) is 32.1 Å². The zero-order valence-electron chi connectivity index (χ0n) is 27.8. The van der Waals surface area contributed by atoms with Gasteiger partial charge in [0, 0.05) is 12.8 Å². The first-order valence-corrected chi connectivity index (χ1v) is 17.1. The van der Waals surface area contributed by atoms with Crippen LogP contribution < -0.4 is 0 Å². The van der Waals surface area contributed by atoms with E-state index < -0.39 is 92.7 Å². The van der Waals surface area contributed by atoms with Crippen molar-refractivity contribution < 1.29 is 73.8 Å². The quantitative estimate of drug-likeness (QED) is 0.0563. The van der Waals surface area contributed by atoms with Crippen LogP contribution in [-0.2, 0) is 38.0 Å². The highest BCUT2D eigenvalue weighted by Crippen LogP contribution is 2.26. The van der Waals surface area contributed by atoms with Crippen LogP contribution in [0.25, 0.3) is 0 Å². The maximum Gasteiger partial charge on any atom is 0.306 e. The summed E-state index contributed by atoms with van der Waals surface area (Å²) < 4.78 is 32.9. The van der Waals surface area contributed by atoms with Crippen molar-refractivity contribution in [3.63, 3.8) is 0 Å². The molecule has 2 saturated heterocycles. The van der Waals surface area contributed by atoms with E-state index in [1.807, 2.05) is 6.92 Å². The third kappa shape index (κ3) is 14.5. The van der Waals surface area contributed by atoms with E-state index in [4.69, 9.17) is 28.4 Å². The molecular formula is C32H58O15. The molecule has 2 aliphatic heterocycles. The minimum Gasteiger partial charge on any atom is -0.462 e. The number of aliphatic hydroxyl groups is 7. The predicted octanol–water partition coefficient (Wildman–Crippen LogP) is 0.193. The van der Waals surface area contributed by atoms with E-state index in [-0.39, 0.29) is 26.1 Å². The molecule has 7 N–H and O–H groups in total. The van der Waals surface area contributed by atoms with Crippen molar-refractivity contribution in [2.75, 3.05) is 26.4 Å². The summed E-state index contributed by atoms with van der Waals surface area (Å²) >= 11 is 0. The highest BCUT2D eigenvalue weighted by molar-refractivity contribution is 5.70. The Kier molecular flexibility index (Phi) is 20.4. The van der Waals surface area contributed by atoms with Crippen molar-refractivity contribution >= 4 is 11.9 Å². The van der Waals surface area contributed by atoms with Gasteiger partial charge in [0.05, 0.1) is 19.8 Å². The lowest BCUT2D eigenvalue weighted by atomic mass is 9.98. The molecule has 15 nitrogen and oxygen atoms in total. The lowest BCUT2D eigenvalue weighted by molar-refractivity contribution is -0.332. The minimum absolute atomic E-state index is 0.167. The van der Waals surface area contributed by atoms with Gasteiger partial charge in [0.15, 0.2) is 18.7 Å². The highest BCUT2D eigenvalue weighted by atomic mass is 16.7. The number of hydrogen-bond donors (Lipinski definition) is 7. The molecule has 0 amide bonds. The number of esters is 2. The van der Waals surface area contributed by atoms with E-state index in [0.29, 0.717) is 12.8 Å². The molecule has 11 atom stereocenters. The minimum atomic E-state index is -1.75. The molecule has 0 aromatic heterocycles. The maximum absolute atomic E-state index is 12.6. The Bertz CT molecular complexity index is 860. The third-order valence-electron chi connectivity index (χ3n) is 8.34. The van der Waals surface area contributed by atoms with E-state index in [1.165, 1.54) is 25.7 Å². The fourth-order valence-corrected chi connectivity index (χ4v) is 5.33. The lowest BCUT2D eigenvalue weighted by Gasteiger charge is -2.42. The zero-order chi connectivity index (χ0) is 34.8. The molecule has 15 heteroatoms. The van der Waals surface area contributed by atoms with Gasteiger partial charge in [-0.25, -0.2) is 0 Å². The summed E-state index contributed by atoms with van der Waals surface area (Å²) in [6.07, 6.45) is -5.56. The Morgan fingerprint density at radius 1 is 0.596 bits per heavy atom. The van der Waals surface area contributed by atoms with E-state index in [2.05, 4.69) is 6.92 Å². The molecule has 0 radical (unpaired) electrons. The summed E-state index contributed by atoms with van der Waals surface area (Å²) in [4.78, 5) is 24.8. The van der Waals surface area contributed by atoms with Crippen LogP contribution in [0.1, 0.15) is 97.3 Å². The second-order valence-electron chi connectivity index (χ2n) is 12.4. The first-order valence-electron chi connectivity index (χ1n) is 17.1. The van der Waals surface area contributed by atoms with Crippen LogP contribution in [0.5, 0.6) is 0 Å². The van der Waals surface area contributed by atoms with Gasteiger partial charge in [0.25, 0.3) is 0 Å². The van der Waals surface area contributed by atoms with Crippen LogP contribution >= 0.6 is 0 Å². The molecule has 0 bridgehead atoms. The fraction of sp³-hybridized carbons (Fsp3) is 0.938.